The van der Waals surface area contributed by atoms with E-state index in [0.717, 1.165) is 12.8 Å². The van der Waals surface area contributed by atoms with E-state index in [9.17, 15) is 8.42 Å². The molecule has 0 spiro atoms. The number of hydrogen-bond donors (Lipinski definition) is 0. The zero-order valence-corrected chi connectivity index (χ0v) is 10.3. The molecule has 0 unspecified atom stereocenters. The minimum atomic E-state index is -3.19. The molecule has 3 nitrogen and oxygen atoms in total. The number of hydrogen-bond acceptors (Lipinski definition) is 3. The maximum absolute atomic E-state index is 10.7. The molecule has 0 aliphatic heterocycles. The SMILES string of the molecule is CCCCCS(=O)(=O)OC.[H-].[Na+]. The van der Waals surface area contributed by atoms with E-state index in [0.29, 0.717) is 6.42 Å². The standard InChI is InChI=1S/C6H14O3S.Na.H/c1-3-4-5-6-10(7,8)9-2;;/h3-6H2,1-2H3;;/q;+1;-1. The van der Waals surface area contributed by atoms with Crippen molar-refractivity contribution in [2.75, 3.05) is 12.9 Å². The summed E-state index contributed by atoms with van der Waals surface area (Å²) in [6.07, 6.45) is 2.68. The summed E-state index contributed by atoms with van der Waals surface area (Å²) in [5.74, 6) is 0.150. The van der Waals surface area contributed by atoms with Crippen LogP contribution in [0.25, 0.3) is 0 Å². The topological polar surface area (TPSA) is 43.4 Å². The summed E-state index contributed by atoms with van der Waals surface area (Å²) in [4.78, 5) is 0. The van der Waals surface area contributed by atoms with Gasteiger partial charge in [0.05, 0.1) is 12.9 Å². The molecule has 0 rings (SSSR count). The van der Waals surface area contributed by atoms with Crippen molar-refractivity contribution < 1.29 is 43.6 Å². The molecule has 11 heavy (non-hydrogen) atoms. The van der Waals surface area contributed by atoms with Gasteiger partial charge in [-0.2, -0.15) is 8.42 Å². The van der Waals surface area contributed by atoms with Crippen LogP contribution in [0, 0.1) is 0 Å². The van der Waals surface area contributed by atoms with Crippen molar-refractivity contribution in [2.24, 2.45) is 0 Å². The molecule has 0 aromatic heterocycles. The molecule has 0 N–H and O–H groups in total. The first kappa shape index (κ1) is 14.4. The Morgan fingerprint density at radius 2 is 1.91 bits per heavy atom. The Morgan fingerprint density at radius 3 is 2.27 bits per heavy atom. The fourth-order valence-corrected chi connectivity index (χ4v) is 1.34. The summed E-state index contributed by atoms with van der Waals surface area (Å²) >= 11 is 0. The largest absolute Gasteiger partial charge is 1.00 e. The van der Waals surface area contributed by atoms with E-state index in [1.165, 1.54) is 7.11 Å². The first-order valence-electron chi connectivity index (χ1n) is 3.40. The van der Waals surface area contributed by atoms with E-state index in [2.05, 4.69) is 4.18 Å². The molecule has 0 bridgehead atoms. The Balaban J connectivity index is -0.000000405. The zero-order chi connectivity index (χ0) is 8.04. The van der Waals surface area contributed by atoms with Crippen LogP contribution in [0.3, 0.4) is 0 Å². The Morgan fingerprint density at radius 1 is 1.36 bits per heavy atom. The number of unbranched alkanes of at least 4 members (excludes halogenated alkanes) is 2. The normalized spacial score (nSPS) is 10.7. The van der Waals surface area contributed by atoms with Crippen molar-refractivity contribution in [3.63, 3.8) is 0 Å². The monoisotopic (exact) mass is 190 g/mol. The van der Waals surface area contributed by atoms with Crippen LogP contribution in [0.2, 0.25) is 0 Å². The molecular formula is C6H15NaO3S. The maximum Gasteiger partial charge on any atom is 1.00 e. The van der Waals surface area contributed by atoms with Gasteiger partial charge in [0, 0.05) is 0 Å². The van der Waals surface area contributed by atoms with E-state index in [1.807, 2.05) is 6.92 Å². The van der Waals surface area contributed by atoms with E-state index >= 15 is 0 Å². The van der Waals surface area contributed by atoms with Crippen LogP contribution in [0.5, 0.6) is 0 Å². The molecule has 0 saturated heterocycles. The summed E-state index contributed by atoms with van der Waals surface area (Å²) in [6, 6.07) is 0. The average Bonchev–Trinajstić information content (AvgIpc) is 1.89. The summed E-state index contributed by atoms with van der Waals surface area (Å²) < 4.78 is 25.6. The first-order chi connectivity index (χ1) is 4.62. The molecule has 0 radical (unpaired) electrons. The van der Waals surface area contributed by atoms with Gasteiger partial charge in [-0.1, -0.05) is 19.8 Å². The molecule has 0 heterocycles. The van der Waals surface area contributed by atoms with Gasteiger partial charge in [-0.25, -0.2) is 0 Å². The third-order valence-electron chi connectivity index (χ3n) is 1.25. The molecule has 0 saturated carbocycles. The van der Waals surface area contributed by atoms with Crippen molar-refractivity contribution in [2.45, 2.75) is 26.2 Å². The van der Waals surface area contributed by atoms with Crippen molar-refractivity contribution in [1.29, 1.82) is 0 Å². The number of rotatable bonds is 5. The Labute approximate surface area is 92.4 Å². The quantitative estimate of drug-likeness (QED) is 0.294. The van der Waals surface area contributed by atoms with Crippen LogP contribution in [0.15, 0.2) is 0 Å². The van der Waals surface area contributed by atoms with Gasteiger partial charge in [-0.05, 0) is 6.42 Å². The van der Waals surface area contributed by atoms with Crippen LogP contribution in [-0.2, 0) is 14.3 Å². The van der Waals surface area contributed by atoms with Gasteiger partial charge in [-0.3, -0.25) is 4.18 Å². The van der Waals surface area contributed by atoms with Crippen LogP contribution >= 0.6 is 0 Å². The molecule has 0 amide bonds. The van der Waals surface area contributed by atoms with Gasteiger partial charge in [0.1, 0.15) is 0 Å². The fourth-order valence-electron chi connectivity index (χ4n) is 0.612. The Hall–Kier alpha value is 0.910. The van der Waals surface area contributed by atoms with E-state index in [1.54, 1.807) is 0 Å². The van der Waals surface area contributed by atoms with Crippen LogP contribution in [-0.4, -0.2) is 21.3 Å². The molecular weight excluding hydrogens is 175 g/mol. The molecule has 0 aliphatic rings. The van der Waals surface area contributed by atoms with Gasteiger partial charge >= 0.3 is 29.6 Å². The minimum Gasteiger partial charge on any atom is -1.00 e. The molecule has 0 atom stereocenters. The second-order valence-electron chi connectivity index (χ2n) is 2.14. The molecule has 0 fully saturated rings. The van der Waals surface area contributed by atoms with Crippen molar-refractivity contribution in [3.8, 4) is 0 Å². The van der Waals surface area contributed by atoms with Gasteiger partial charge in [0.25, 0.3) is 10.1 Å². The van der Waals surface area contributed by atoms with Gasteiger partial charge in [0.15, 0.2) is 0 Å². The third-order valence-corrected chi connectivity index (χ3v) is 2.55. The van der Waals surface area contributed by atoms with E-state index < -0.39 is 10.1 Å². The molecule has 0 aromatic carbocycles. The van der Waals surface area contributed by atoms with Crippen LogP contribution in [0.4, 0.5) is 0 Å². The predicted molar refractivity (Wildman–Crippen MR) is 41.4 cm³/mol. The predicted octanol–water partition coefficient (Wildman–Crippen LogP) is -1.73. The Kier molecular flexibility index (Phi) is 9.91. The molecule has 0 aliphatic carbocycles. The van der Waals surface area contributed by atoms with Crippen LogP contribution < -0.4 is 29.6 Å². The van der Waals surface area contributed by atoms with Gasteiger partial charge in [-0.15, -0.1) is 0 Å². The average molecular weight is 190 g/mol. The molecule has 5 heteroatoms. The van der Waals surface area contributed by atoms with Crippen molar-refractivity contribution >= 4 is 10.1 Å². The smallest absolute Gasteiger partial charge is 1.00 e. The molecule has 0 aromatic rings. The fraction of sp³-hybridized carbons (Fsp3) is 1.00. The second-order valence-corrected chi connectivity index (χ2v) is 3.99. The van der Waals surface area contributed by atoms with Crippen molar-refractivity contribution in [3.05, 3.63) is 0 Å². The molecule has 64 valence electrons. The third kappa shape index (κ3) is 8.82. The summed E-state index contributed by atoms with van der Waals surface area (Å²) in [6.45, 7) is 2.03. The summed E-state index contributed by atoms with van der Waals surface area (Å²) in [5.41, 5.74) is 0. The maximum atomic E-state index is 10.7. The summed E-state index contributed by atoms with van der Waals surface area (Å²) in [7, 11) is -2.00. The minimum absolute atomic E-state index is 0. The Bertz CT molecular complexity index is 170. The van der Waals surface area contributed by atoms with Gasteiger partial charge < -0.3 is 1.43 Å². The van der Waals surface area contributed by atoms with E-state index in [4.69, 9.17) is 0 Å². The van der Waals surface area contributed by atoms with Gasteiger partial charge in [0.2, 0.25) is 0 Å². The van der Waals surface area contributed by atoms with Crippen LogP contribution in [0.1, 0.15) is 27.6 Å². The second kappa shape index (κ2) is 7.55. The summed E-state index contributed by atoms with van der Waals surface area (Å²) in [5, 5.41) is 0. The van der Waals surface area contributed by atoms with E-state index in [-0.39, 0.29) is 36.7 Å². The zero-order valence-electron chi connectivity index (χ0n) is 8.46. The first-order valence-corrected chi connectivity index (χ1v) is 4.98. The van der Waals surface area contributed by atoms with Crippen molar-refractivity contribution in [1.82, 2.24) is 0 Å².